The molecule has 90 valence electrons. The second-order valence-electron chi connectivity index (χ2n) is 4.62. The lowest BCUT2D eigenvalue weighted by molar-refractivity contribution is 0.113. The molecule has 1 heterocycles. The molecule has 0 amide bonds. The summed E-state index contributed by atoms with van der Waals surface area (Å²) in [5, 5.41) is 0. The third kappa shape index (κ3) is 4.30. The number of piperidine rings is 1. The van der Waals surface area contributed by atoms with E-state index >= 15 is 0 Å². The van der Waals surface area contributed by atoms with Gasteiger partial charge >= 0.3 is 0 Å². The topological polar surface area (TPSA) is 32.7 Å². The molecule has 1 aliphatic heterocycles. The largest absolute Gasteiger partial charge is 0.298 e. The van der Waals surface area contributed by atoms with Gasteiger partial charge in [0.15, 0.2) is 0 Å². The molecule has 0 saturated carbocycles. The van der Waals surface area contributed by atoms with Crippen LogP contribution in [0.2, 0.25) is 0 Å². The zero-order valence-electron chi connectivity index (χ0n) is 10.4. The van der Waals surface area contributed by atoms with Crippen molar-refractivity contribution in [2.45, 2.75) is 51.6 Å². The van der Waals surface area contributed by atoms with E-state index in [1.54, 1.807) is 6.08 Å². The van der Waals surface area contributed by atoms with Crippen LogP contribution in [0.25, 0.3) is 0 Å². The molecule has 0 spiro atoms. The smallest absolute Gasteiger partial charge is 0.235 e. The molecule has 1 fully saturated rings. The van der Waals surface area contributed by atoms with Gasteiger partial charge in [-0.1, -0.05) is 18.6 Å². The van der Waals surface area contributed by atoms with Crippen LogP contribution in [0.3, 0.4) is 0 Å². The number of carbonyl (C=O) groups excluding carboxylic acids is 1. The van der Waals surface area contributed by atoms with E-state index in [1.165, 1.54) is 25.8 Å². The molecule has 0 aliphatic carbocycles. The van der Waals surface area contributed by atoms with Gasteiger partial charge in [-0.05, 0) is 39.7 Å². The molecule has 0 aromatic heterocycles. The maximum absolute atomic E-state index is 9.88. The summed E-state index contributed by atoms with van der Waals surface area (Å²) in [4.78, 5) is 16.0. The van der Waals surface area contributed by atoms with E-state index in [1.807, 2.05) is 6.08 Å². The van der Waals surface area contributed by atoms with Gasteiger partial charge in [0.25, 0.3) is 0 Å². The van der Waals surface area contributed by atoms with Gasteiger partial charge in [-0.25, -0.2) is 9.79 Å². The predicted octanol–water partition coefficient (Wildman–Crippen LogP) is 2.53. The molecular weight excluding hydrogens is 200 g/mol. The SMILES string of the molecule is CC(C)N1CCCCC1C/C=C\CN=C=O. The molecule has 1 aliphatic rings. The predicted molar refractivity (Wildman–Crippen MR) is 66.2 cm³/mol. The number of likely N-dealkylation sites (tertiary alicyclic amines) is 1. The molecule has 0 aromatic carbocycles. The third-order valence-electron chi connectivity index (χ3n) is 3.17. The Balaban J connectivity index is 2.37. The third-order valence-corrected chi connectivity index (χ3v) is 3.17. The highest BCUT2D eigenvalue weighted by Gasteiger charge is 2.22. The molecule has 3 heteroatoms. The van der Waals surface area contributed by atoms with Crippen LogP contribution in [0, 0.1) is 0 Å². The van der Waals surface area contributed by atoms with Crippen molar-refractivity contribution in [3.63, 3.8) is 0 Å². The molecule has 1 rings (SSSR count). The van der Waals surface area contributed by atoms with Crippen molar-refractivity contribution in [2.24, 2.45) is 4.99 Å². The maximum atomic E-state index is 9.88. The zero-order valence-corrected chi connectivity index (χ0v) is 10.4. The highest BCUT2D eigenvalue weighted by Crippen LogP contribution is 2.22. The van der Waals surface area contributed by atoms with E-state index < -0.39 is 0 Å². The number of isocyanates is 1. The van der Waals surface area contributed by atoms with Crippen molar-refractivity contribution in [1.82, 2.24) is 4.90 Å². The van der Waals surface area contributed by atoms with E-state index in [9.17, 15) is 4.79 Å². The molecule has 0 aromatic rings. The molecule has 1 unspecified atom stereocenters. The first-order valence-corrected chi connectivity index (χ1v) is 6.20. The average molecular weight is 222 g/mol. The fourth-order valence-electron chi connectivity index (χ4n) is 2.37. The van der Waals surface area contributed by atoms with Gasteiger partial charge in [-0.3, -0.25) is 4.90 Å². The second-order valence-corrected chi connectivity index (χ2v) is 4.62. The molecular formula is C13H22N2O. The van der Waals surface area contributed by atoms with E-state index in [4.69, 9.17) is 0 Å². The van der Waals surface area contributed by atoms with Gasteiger partial charge in [0, 0.05) is 12.1 Å². The number of nitrogens with zero attached hydrogens (tertiary/aromatic N) is 2. The van der Waals surface area contributed by atoms with E-state index in [0.717, 1.165) is 6.42 Å². The number of hydrogen-bond donors (Lipinski definition) is 0. The van der Waals surface area contributed by atoms with Gasteiger partial charge < -0.3 is 0 Å². The van der Waals surface area contributed by atoms with Crippen molar-refractivity contribution in [3.05, 3.63) is 12.2 Å². The summed E-state index contributed by atoms with van der Waals surface area (Å²) in [6, 6.07) is 1.30. The van der Waals surface area contributed by atoms with Crippen molar-refractivity contribution < 1.29 is 4.79 Å². The Morgan fingerprint density at radius 2 is 2.25 bits per heavy atom. The fraction of sp³-hybridized carbons (Fsp3) is 0.769. The number of aliphatic imine (C=N–C) groups is 1. The molecule has 0 N–H and O–H groups in total. The minimum atomic E-state index is 0.470. The lowest BCUT2D eigenvalue weighted by Gasteiger charge is -2.38. The Morgan fingerprint density at radius 1 is 1.44 bits per heavy atom. The van der Waals surface area contributed by atoms with Gasteiger partial charge in [-0.2, -0.15) is 0 Å². The first-order valence-electron chi connectivity index (χ1n) is 6.20. The average Bonchev–Trinajstić information content (AvgIpc) is 2.29. The quantitative estimate of drug-likeness (QED) is 0.407. The van der Waals surface area contributed by atoms with Gasteiger partial charge in [-0.15, -0.1) is 0 Å². The summed E-state index contributed by atoms with van der Waals surface area (Å²) in [5.41, 5.74) is 0. The summed E-state index contributed by atoms with van der Waals surface area (Å²) in [7, 11) is 0. The van der Waals surface area contributed by atoms with Gasteiger partial charge in [0.1, 0.15) is 0 Å². The number of rotatable bonds is 5. The van der Waals surface area contributed by atoms with Crippen molar-refractivity contribution in [3.8, 4) is 0 Å². The first-order chi connectivity index (χ1) is 7.75. The van der Waals surface area contributed by atoms with E-state index in [-0.39, 0.29) is 0 Å². The standard InChI is InChI=1S/C13H22N2O/c1-12(2)15-10-6-4-8-13(15)7-3-5-9-14-11-16/h3,5,12-13H,4,6-10H2,1-2H3/b5-3-. The van der Waals surface area contributed by atoms with E-state index in [0.29, 0.717) is 18.6 Å². The Morgan fingerprint density at radius 3 is 2.94 bits per heavy atom. The first kappa shape index (κ1) is 13.1. The minimum absolute atomic E-state index is 0.470. The van der Waals surface area contributed by atoms with Crippen LogP contribution < -0.4 is 0 Å². The van der Waals surface area contributed by atoms with Crippen molar-refractivity contribution in [1.29, 1.82) is 0 Å². The van der Waals surface area contributed by atoms with Crippen LogP contribution in [0.1, 0.15) is 39.5 Å². The Labute approximate surface area is 98.2 Å². The molecule has 16 heavy (non-hydrogen) atoms. The van der Waals surface area contributed by atoms with Gasteiger partial charge in [0.2, 0.25) is 6.08 Å². The highest BCUT2D eigenvalue weighted by atomic mass is 16.1. The van der Waals surface area contributed by atoms with Crippen LogP contribution in [-0.4, -0.2) is 36.2 Å². The summed E-state index contributed by atoms with van der Waals surface area (Å²) in [6.07, 6.45) is 10.7. The monoisotopic (exact) mass is 222 g/mol. The lowest BCUT2D eigenvalue weighted by Crippen LogP contribution is -2.43. The lowest BCUT2D eigenvalue weighted by atomic mass is 9.97. The zero-order chi connectivity index (χ0) is 11.8. The van der Waals surface area contributed by atoms with Gasteiger partial charge in [0.05, 0.1) is 6.54 Å². The Bertz CT molecular complexity index is 267. The van der Waals surface area contributed by atoms with Crippen LogP contribution in [0.4, 0.5) is 0 Å². The number of hydrogen-bond acceptors (Lipinski definition) is 3. The Kier molecular flexibility index (Phi) is 6.05. The van der Waals surface area contributed by atoms with Crippen molar-refractivity contribution >= 4 is 6.08 Å². The fourth-order valence-corrected chi connectivity index (χ4v) is 2.37. The summed E-state index contributed by atoms with van der Waals surface area (Å²) >= 11 is 0. The van der Waals surface area contributed by atoms with Crippen LogP contribution in [-0.2, 0) is 4.79 Å². The maximum Gasteiger partial charge on any atom is 0.235 e. The van der Waals surface area contributed by atoms with E-state index in [2.05, 4.69) is 29.8 Å². The van der Waals surface area contributed by atoms with Crippen LogP contribution >= 0.6 is 0 Å². The second kappa shape index (κ2) is 7.37. The normalized spacial score (nSPS) is 22.6. The summed E-state index contributed by atoms with van der Waals surface area (Å²) < 4.78 is 0. The summed E-state index contributed by atoms with van der Waals surface area (Å²) in [5.74, 6) is 0. The molecule has 1 atom stereocenters. The Hall–Kier alpha value is -0.920. The summed E-state index contributed by atoms with van der Waals surface area (Å²) in [6.45, 7) is 6.22. The van der Waals surface area contributed by atoms with Crippen molar-refractivity contribution in [2.75, 3.05) is 13.1 Å². The molecule has 3 nitrogen and oxygen atoms in total. The highest BCUT2D eigenvalue weighted by molar-refractivity contribution is 5.33. The molecule has 1 saturated heterocycles. The minimum Gasteiger partial charge on any atom is -0.298 e. The van der Waals surface area contributed by atoms with Crippen LogP contribution in [0.5, 0.6) is 0 Å². The molecule has 0 bridgehead atoms. The molecule has 0 radical (unpaired) electrons. The van der Waals surface area contributed by atoms with Crippen LogP contribution in [0.15, 0.2) is 17.1 Å².